The number of carbonyl (C=O) groups excluding carboxylic acids is 2. The van der Waals surface area contributed by atoms with Crippen molar-refractivity contribution in [1.82, 2.24) is 14.7 Å². The third-order valence-electron chi connectivity index (χ3n) is 6.07. The number of urea groups is 1. The van der Waals surface area contributed by atoms with Gasteiger partial charge in [-0.1, -0.05) is 38.5 Å². The number of carbonyl (C=O) groups is 2. The second-order valence-corrected chi connectivity index (χ2v) is 10.2. The second-order valence-electron chi connectivity index (χ2n) is 10.2. The number of amides is 3. The minimum absolute atomic E-state index is 0.169. The van der Waals surface area contributed by atoms with Crippen molar-refractivity contribution in [3.05, 3.63) is 59.8 Å². The largest absolute Gasteiger partial charge is 0.497 e. The lowest BCUT2D eigenvalue weighted by Gasteiger charge is -2.23. The molecule has 0 unspecified atom stereocenters. The van der Waals surface area contributed by atoms with Crippen molar-refractivity contribution in [1.29, 1.82) is 0 Å². The molecule has 2 aromatic carbocycles. The molecule has 0 atom stereocenters. The lowest BCUT2D eigenvalue weighted by atomic mass is 9.92. The lowest BCUT2D eigenvalue weighted by Crippen LogP contribution is -2.41. The molecular weight excluding hydrogens is 498 g/mol. The molecule has 10 heteroatoms. The Labute approximate surface area is 230 Å². The van der Waals surface area contributed by atoms with Gasteiger partial charge in [0.2, 0.25) is 5.91 Å². The molecule has 0 aliphatic rings. The van der Waals surface area contributed by atoms with E-state index in [4.69, 9.17) is 19.3 Å². The van der Waals surface area contributed by atoms with Crippen molar-refractivity contribution in [2.45, 2.75) is 39.5 Å². The minimum Gasteiger partial charge on any atom is -0.497 e. The standard InChI is InChI=1S/C29H39N5O5/c1-20-9-11-21(12-10-20)34-26(18-25(32-34)29(2,3)4)31-27(35)19-33(15-8-16-37-5)28(36)30-23-14-13-22(38-6)17-24(23)39-7/h9-14,17-18H,8,15-16,19H2,1-7H3,(H,30,36)(H,31,35). The molecule has 1 heterocycles. The summed E-state index contributed by atoms with van der Waals surface area (Å²) in [5, 5.41) is 10.6. The van der Waals surface area contributed by atoms with Gasteiger partial charge in [0.25, 0.3) is 0 Å². The van der Waals surface area contributed by atoms with E-state index < -0.39 is 6.03 Å². The van der Waals surface area contributed by atoms with Gasteiger partial charge in [-0.3, -0.25) is 4.79 Å². The summed E-state index contributed by atoms with van der Waals surface area (Å²) in [5.74, 6) is 1.22. The normalized spacial score (nSPS) is 11.2. The molecule has 3 aromatic rings. The zero-order valence-electron chi connectivity index (χ0n) is 23.8. The molecular formula is C29H39N5O5. The third-order valence-corrected chi connectivity index (χ3v) is 6.07. The highest BCUT2D eigenvalue weighted by Crippen LogP contribution is 2.29. The van der Waals surface area contributed by atoms with Crippen LogP contribution in [0.15, 0.2) is 48.5 Å². The fraction of sp³-hybridized carbons (Fsp3) is 0.414. The smallest absolute Gasteiger partial charge is 0.322 e. The highest BCUT2D eigenvalue weighted by atomic mass is 16.5. The number of rotatable bonds is 11. The Morgan fingerprint density at radius 1 is 0.974 bits per heavy atom. The van der Waals surface area contributed by atoms with Crippen LogP contribution in [-0.4, -0.2) is 67.6 Å². The van der Waals surface area contributed by atoms with Gasteiger partial charge >= 0.3 is 6.03 Å². The number of hydrogen-bond donors (Lipinski definition) is 2. The van der Waals surface area contributed by atoms with Gasteiger partial charge < -0.3 is 29.7 Å². The highest BCUT2D eigenvalue weighted by Gasteiger charge is 2.23. The lowest BCUT2D eigenvalue weighted by molar-refractivity contribution is -0.116. The van der Waals surface area contributed by atoms with Gasteiger partial charge in [-0.25, -0.2) is 9.48 Å². The van der Waals surface area contributed by atoms with Gasteiger partial charge in [0.1, 0.15) is 23.9 Å². The number of methoxy groups -OCH3 is 3. The van der Waals surface area contributed by atoms with Crippen LogP contribution in [-0.2, 0) is 14.9 Å². The first kappa shape index (κ1) is 29.5. The van der Waals surface area contributed by atoms with Gasteiger partial charge in [-0.2, -0.15) is 5.10 Å². The summed E-state index contributed by atoms with van der Waals surface area (Å²) in [7, 11) is 4.66. The molecule has 0 radical (unpaired) electrons. The van der Waals surface area contributed by atoms with Crippen LogP contribution in [0.2, 0.25) is 0 Å². The molecule has 1 aromatic heterocycles. The summed E-state index contributed by atoms with van der Waals surface area (Å²) in [6.07, 6.45) is 0.562. The Kier molecular flexibility index (Phi) is 9.95. The fourth-order valence-electron chi connectivity index (χ4n) is 3.82. The van der Waals surface area contributed by atoms with E-state index in [-0.39, 0.29) is 17.9 Å². The Morgan fingerprint density at radius 3 is 2.31 bits per heavy atom. The number of nitrogens with one attached hydrogen (secondary N) is 2. The van der Waals surface area contributed by atoms with Crippen molar-refractivity contribution in [2.75, 3.05) is 51.7 Å². The van der Waals surface area contributed by atoms with Crippen molar-refractivity contribution >= 4 is 23.4 Å². The summed E-state index contributed by atoms with van der Waals surface area (Å²) in [6.45, 7) is 8.81. The Balaban J connectivity index is 1.82. The van der Waals surface area contributed by atoms with E-state index >= 15 is 0 Å². The van der Waals surface area contributed by atoms with Crippen LogP contribution in [0.4, 0.5) is 16.3 Å². The van der Waals surface area contributed by atoms with Crippen LogP contribution in [0.1, 0.15) is 38.4 Å². The fourth-order valence-corrected chi connectivity index (χ4v) is 3.82. The predicted octanol–water partition coefficient (Wildman–Crippen LogP) is 5.00. The maximum atomic E-state index is 13.3. The predicted molar refractivity (Wildman–Crippen MR) is 152 cm³/mol. The van der Waals surface area contributed by atoms with E-state index in [9.17, 15) is 9.59 Å². The van der Waals surface area contributed by atoms with Gasteiger partial charge in [0, 0.05) is 37.8 Å². The van der Waals surface area contributed by atoms with E-state index in [1.807, 2.05) is 37.3 Å². The van der Waals surface area contributed by atoms with Crippen molar-refractivity contribution in [3.63, 3.8) is 0 Å². The SMILES string of the molecule is COCCCN(CC(=O)Nc1cc(C(C)(C)C)nn1-c1ccc(C)cc1)C(=O)Nc1ccc(OC)cc1OC. The van der Waals surface area contributed by atoms with E-state index in [1.165, 1.54) is 12.0 Å². The molecule has 39 heavy (non-hydrogen) atoms. The van der Waals surface area contributed by atoms with Crippen molar-refractivity contribution in [3.8, 4) is 17.2 Å². The van der Waals surface area contributed by atoms with Crippen LogP contribution in [0.3, 0.4) is 0 Å². The quantitative estimate of drug-likeness (QED) is 0.333. The van der Waals surface area contributed by atoms with E-state index in [2.05, 4.69) is 31.4 Å². The molecule has 3 rings (SSSR count). The molecule has 0 aliphatic carbocycles. The van der Waals surface area contributed by atoms with Gasteiger partial charge in [0.15, 0.2) is 0 Å². The maximum absolute atomic E-state index is 13.3. The summed E-state index contributed by atoms with van der Waals surface area (Å²) in [4.78, 5) is 28.0. The summed E-state index contributed by atoms with van der Waals surface area (Å²) in [5.41, 5.74) is 3.03. The number of hydrogen-bond acceptors (Lipinski definition) is 6. The maximum Gasteiger partial charge on any atom is 0.322 e. The number of aromatic nitrogens is 2. The molecule has 0 aliphatic heterocycles. The molecule has 0 spiro atoms. The van der Waals surface area contributed by atoms with E-state index in [1.54, 1.807) is 37.1 Å². The number of nitrogens with zero attached hydrogens (tertiary/aromatic N) is 3. The topological polar surface area (TPSA) is 107 Å². The van der Waals surface area contributed by atoms with Crippen molar-refractivity contribution < 1.29 is 23.8 Å². The first-order valence-corrected chi connectivity index (χ1v) is 12.8. The molecule has 0 fully saturated rings. The number of ether oxygens (including phenoxy) is 3. The average Bonchev–Trinajstić information content (AvgIpc) is 3.33. The zero-order valence-corrected chi connectivity index (χ0v) is 23.8. The van der Waals surface area contributed by atoms with E-state index in [0.29, 0.717) is 42.6 Å². The second kappa shape index (κ2) is 13.1. The molecule has 210 valence electrons. The van der Waals surface area contributed by atoms with Gasteiger partial charge in [0.05, 0.1) is 31.3 Å². The summed E-state index contributed by atoms with van der Waals surface area (Å²) in [6, 6.07) is 14.4. The van der Waals surface area contributed by atoms with Gasteiger partial charge in [-0.15, -0.1) is 0 Å². The third kappa shape index (κ3) is 7.97. The number of anilines is 2. The van der Waals surface area contributed by atoms with Crippen LogP contribution in [0.5, 0.6) is 11.5 Å². The molecule has 0 bridgehead atoms. The summed E-state index contributed by atoms with van der Waals surface area (Å²) < 4.78 is 17.5. The number of aryl methyl sites for hydroxylation is 1. The summed E-state index contributed by atoms with van der Waals surface area (Å²) >= 11 is 0. The Morgan fingerprint density at radius 2 is 1.69 bits per heavy atom. The first-order valence-electron chi connectivity index (χ1n) is 12.8. The van der Waals surface area contributed by atoms with E-state index in [0.717, 1.165) is 16.9 Å². The highest BCUT2D eigenvalue weighted by molar-refractivity contribution is 5.97. The van der Waals surface area contributed by atoms with Gasteiger partial charge in [-0.05, 0) is 37.6 Å². The Hall–Kier alpha value is -4.05. The molecule has 10 nitrogen and oxygen atoms in total. The zero-order chi connectivity index (χ0) is 28.6. The van der Waals surface area contributed by atoms with Crippen LogP contribution < -0.4 is 20.1 Å². The Bertz CT molecular complexity index is 1260. The molecule has 0 saturated heterocycles. The van der Waals surface area contributed by atoms with Crippen LogP contribution in [0.25, 0.3) is 5.69 Å². The monoisotopic (exact) mass is 537 g/mol. The average molecular weight is 538 g/mol. The molecule has 3 amide bonds. The van der Waals surface area contributed by atoms with Crippen LogP contribution in [0, 0.1) is 6.92 Å². The minimum atomic E-state index is -0.438. The molecule has 2 N–H and O–H groups in total. The molecule has 0 saturated carbocycles. The van der Waals surface area contributed by atoms with Crippen LogP contribution >= 0.6 is 0 Å². The number of benzene rings is 2. The van der Waals surface area contributed by atoms with Crippen molar-refractivity contribution in [2.24, 2.45) is 0 Å². The first-order chi connectivity index (χ1) is 18.5.